The van der Waals surface area contributed by atoms with Crippen LogP contribution in [0.2, 0.25) is 0 Å². The monoisotopic (exact) mass is 267 g/mol. The Bertz CT molecular complexity index is 586. The largest absolute Gasteiger partial charge is 0.398 e. The molecule has 2 aromatic rings. The van der Waals surface area contributed by atoms with E-state index in [1.54, 1.807) is 0 Å². The molecule has 106 valence electrons. The van der Waals surface area contributed by atoms with E-state index in [0.29, 0.717) is 5.92 Å². The summed E-state index contributed by atoms with van der Waals surface area (Å²) in [6.45, 7) is 11.0. The molecule has 0 saturated carbocycles. The summed E-state index contributed by atoms with van der Waals surface area (Å²) in [5, 5.41) is 0. The molecule has 2 rings (SSSR count). The van der Waals surface area contributed by atoms with Crippen LogP contribution >= 0.6 is 0 Å². The highest BCUT2D eigenvalue weighted by molar-refractivity contribution is 5.69. The zero-order valence-corrected chi connectivity index (χ0v) is 13.2. The molecule has 1 heteroatoms. The molecule has 1 nitrogen and oxygen atoms in total. The van der Waals surface area contributed by atoms with Crippen LogP contribution in [0, 0.1) is 0 Å². The number of hydrogen-bond acceptors (Lipinski definition) is 1. The van der Waals surface area contributed by atoms with E-state index >= 15 is 0 Å². The molecule has 0 saturated heterocycles. The van der Waals surface area contributed by atoms with Crippen LogP contribution in [0.1, 0.15) is 51.7 Å². The molecular formula is C19H25N. The Balaban J connectivity index is 2.35. The first-order valence-corrected chi connectivity index (χ1v) is 7.29. The summed E-state index contributed by atoms with van der Waals surface area (Å²) >= 11 is 0. The quantitative estimate of drug-likeness (QED) is 0.729. The molecule has 0 bridgehead atoms. The van der Waals surface area contributed by atoms with Crippen molar-refractivity contribution < 1.29 is 0 Å². The third kappa shape index (κ3) is 3.04. The molecule has 0 amide bonds. The van der Waals surface area contributed by atoms with Crippen LogP contribution in [0.4, 0.5) is 5.69 Å². The van der Waals surface area contributed by atoms with Crippen molar-refractivity contribution in [3.05, 3.63) is 53.6 Å². The summed E-state index contributed by atoms with van der Waals surface area (Å²) in [5.74, 6) is 0.465. The molecule has 0 fully saturated rings. The van der Waals surface area contributed by atoms with Gasteiger partial charge in [-0.1, -0.05) is 71.0 Å². The molecule has 0 spiro atoms. The lowest BCUT2D eigenvalue weighted by atomic mass is 9.86. The zero-order valence-electron chi connectivity index (χ0n) is 13.2. The molecule has 0 heterocycles. The highest BCUT2D eigenvalue weighted by atomic mass is 14.6. The van der Waals surface area contributed by atoms with E-state index in [0.717, 1.165) is 5.69 Å². The van der Waals surface area contributed by atoms with Gasteiger partial charge in [-0.2, -0.15) is 0 Å². The highest BCUT2D eigenvalue weighted by Gasteiger charge is 2.13. The third-order valence-corrected chi connectivity index (χ3v) is 3.79. The summed E-state index contributed by atoms with van der Waals surface area (Å²) in [7, 11) is 0. The predicted molar refractivity (Wildman–Crippen MR) is 89.1 cm³/mol. The Morgan fingerprint density at radius 2 is 1.40 bits per heavy atom. The fourth-order valence-electron chi connectivity index (χ4n) is 2.44. The number of hydrogen-bond donors (Lipinski definition) is 1. The Kier molecular flexibility index (Phi) is 3.89. The minimum absolute atomic E-state index is 0.194. The van der Waals surface area contributed by atoms with Crippen molar-refractivity contribution >= 4 is 5.69 Å². The molecule has 2 N–H and O–H groups in total. The fourth-order valence-corrected chi connectivity index (χ4v) is 2.44. The van der Waals surface area contributed by atoms with Crippen molar-refractivity contribution in [1.82, 2.24) is 0 Å². The molecule has 0 aromatic heterocycles. The van der Waals surface area contributed by atoms with Gasteiger partial charge in [0.1, 0.15) is 0 Å². The summed E-state index contributed by atoms with van der Waals surface area (Å²) in [6.07, 6.45) is 0. The van der Waals surface area contributed by atoms with Gasteiger partial charge in [-0.3, -0.25) is 0 Å². The van der Waals surface area contributed by atoms with Crippen LogP contribution in [0.15, 0.2) is 42.5 Å². The maximum absolute atomic E-state index is 6.16. The Morgan fingerprint density at radius 1 is 0.850 bits per heavy atom. The van der Waals surface area contributed by atoms with Crippen molar-refractivity contribution in [3.8, 4) is 11.1 Å². The van der Waals surface area contributed by atoms with Crippen LogP contribution in [-0.4, -0.2) is 0 Å². The SMILES string of the molecule is CC(C)c1ccc(-c2ccc(C(C)(C)C)cc2)cc1N. The van der Waals surface area contributed by atoms with Crippen LogP contribution < -0.4 is 5.73 Å². The number of nitrogen functional groups attached to an aromatic ring is 1. The number of benzene rings is 2. The first-order chi connectivity index (χ1) is 9.29. The van der Waals surface area contributed by atoms with Gasteiger partial charge in [0, 0.05) is 5.69 Å². The van der Waals surface area contributed by atoms with Crippen LogP contribution in [-0.2, 0) is 5.41 Å². The van der Waals surface area contributed by atoms with E-state index in [1.165, 1.54) is 22.3 Å². The van der Waals surface area contributed by atoms with Gasteiger partial charge in [0.25, 0.3) is 0 Å². The van der Waals surface area contributed by atoms with Gasteiger partial charge in [0.2, 0.25) is 0 Å². The minimum Gasteiger partial charge on any atom is -0.398 e. The van der Waals surface area contributed by atoms with Crippen molar-refractivity contribution in [2.24, 2.45) is 0 Å². The first-order valence-electron chi connectivity index (χ1n) is 7.29. The van der Waals surface area contributed by atoms with Crippen LogP contribution in [0.3, 0.4) is 0 Å². The van der Waals surface area contributed by atoms with Crippen LogP contribution in [0.5, 0.6) is 0 Å². The van der Waals surface area contributed by atoms with Crippen molar-refractivity contribution in [1.29, 1.82) is 0 Å². The lowest BCUT2D eigenvalue weighted by Gasteiger charge is -2.19. The smallest absolute Gasteiger partial charge is 0.0355 e. The third-order valence-electron chi connectivity index (χ3n) is 3.79. The average molecular weight is 267 g/mol. The molecule has 20 heavy (non-hydrogen) atoms. The van der Waals surface area contributed by atoms with E-state index < -0.39 is 0 Å². The molecule has 0 aliphatic heterocycles. The number of anilines is 1. The second-order valence-corrected chi connectivity index (χ2v) is 6.83. The Morgan fingerprint density at radius 3 is 1.85 bits per heavy atom. The Labute approximate surface area is 122 Å². The normalized spacial score (nSPS) is 11.9. The molecule has 0 radical (unpaired) electrons. The standard InChI is InChI=1S/C19H25N/c1-13(2)17-11-8-15(12-18(17)20)14-6-9-16(10-7-14)19(3,4)5/h6-13H,20H2,1-5H3. The summed E-state index contributed by atoms with van der Waals surface area (Å²) in [4.78, 5) is 0. The van der Waals surface area contributed by atoms with Gasteiger partial charge in [-0.25, -0.2) is 0 Å². The van der Waals surface area contributed by atoms with E-state index in [1.807, 2.05) is 0 Å². The highest BCUT2D eigenvalue weighted by Crippen LogP contribution is 2.30. The van der Waals surface area contributed by atoms with Gasteiger partial charge in [-0.05, 0) is 39.7 Å². The average Bonchev–Trinajstić information content (AvgIpc) is 2.37. The molecule has 0 aliphatic rings. The molecule has 0 unspecified atom stereocenters. The van der Waals surface area contributed by atoms with Crippen molar-refractivity contribution in [2.75, 3.05) is 5.73 Å². The lowest BCUT2D eigenvalue weighted by molar-refractivity contribution is 0.590. The first kappa shape index (κ1) is 14.6. The molecule has 0 aliphatic carbocycles. The summed E-state index contributed by atoms with van der Waals surface area (Å²) in [6, 6.07) is 15.2. The van der Waals surface area contributed by atoms with Crippen molar-refractivity contribution in [2.45, 2.75) is 46.0 Å². The summed E-state index contributed by atoms with van der Waals surface area (Å²) in [5.41, 5.74) is 12.2. The van der Waals surface area contributed by atoms with E-state index in [2.05, 4.69) is 77.1 Å². The number of nitrogens with two attached hydrogens (primary N) is 1. The van der Waals surface area contributed by atoms with Gasteiger partial charge < -0.3 is 5.73 Å². The zero-order chi connectivity index (χ0) is 14.9. The van der Waals surface area contributed by atoms with E-state index in [9.17, 15) is 0 Å². The van der Waals surface area contributed by atoms with Crippen molar-refractivity contribution in [3.63, 3.8) is 0 Å². The fraction of sp³-hybridized carbons (Fsp3) is 0.368. The maximum Gasteiger partial charge on any atom is 0.0355 e. The molecular weight excluding hydrogens is 242 g/mol. The number of rotatable bonds is 2. The van der Waals surface area contributed by atoms with Gasteiger partial charge in [-0.15, -0.1) is 0 Å². The van der Waals surface area contributed by atoms with Crippen LogP contribution in [0.25, 0.3) is 11.1 Å². The second-order valence-electron chi connectivity index (χ2n) is 6.83. The van der Waals surface area contributed by atoms with Gasteiger partial charge in [0.15, 0.2) is 0 Å². The topological polar surface area (TPSA) is 26.0 Å². The van der Waals surface area contributed by atoms with E-state index in [-0.39, 0.29) is 5.41 Å². The second kappa shape index (κ2) is 5.32. The molecule has 2 aromatic carbocycles. The predicted octanol–water partition coefficient (Wildman–Crippen LogP) is 5.36. The minimum atomic E-state index is 0.194. The lowest BCUT2D eigenvalue weighted by Crippen LogP contribution is -2.10. The van der Waals surface area contributed by atoms with Gasteiger partial charge >= 0.3 is 0 Å². The Hall–Kier alpha value is -1.76. The maximum atomic E-state index is 6.16. The van der Waals surface area contributed by atoms with Gasteiger partial charge in [0.05, 0.1) is 0 Å². The van der Waals surface area contributed by atoms with E-state index in [4.69, 9.17) is 5.73 Å². The summed E-state index contributed by atoms with van der Waals surface area (Å²) < 4.78 is 0. The molecule has 0 atom stereocenters.